The highest BCUT2D eigenvalue weighted by molar-refractivity contribution is 7.98. The molecule has 0 aliphatic heterocycles. The van der Waals surface area contributed by atoms with Crippen molar-refractivity contribution in [2.24, 2.45) is 0 Å². The molecular weight excluding hydrogens is 370 g/mol. The van der Waals surface area contributed by atoms with Crippen molar-refractivity contribution < 1.29 is 8.78 Å². The average Bonchev–Trinajstić information content (AvgIpc) is 2.67. The van der Waals surface area contributed by atoms with E-state index in [9.17, 15) is 13.6 Å². The van der Waals surface area contributed by atoms with E-state index in [1.165, 1.54) is 42.1 Å². The van der Waals surface area contributed by atoms with E-state index >= 15 is 0 Å². The van der Waals surface area contributed by atoms with E-state index in [1.807, 2.05) is 0 Å². The molecule has 3 rings (SSSR count). The topological polar surface area (TPSA) is 70.8 Å². The van der Waals surface area contributed by atoms with E-state index < -0.39 is 11.4 Å². The van der Waals surface area contributed by atoms with Gasteiger partial charge in [-0.15, -0.1) is 0 Å². The van der Waals surface area contributed by atoms with Crippen LogP contribution < -0.4 is 10.9 Å². The summed E-state index contributed by atoms with van der Waals surface area (Å²) in [5, 5.41) is 10.5. The fourth-order valence-electron chi connectivity index (χ4n) is 2.55. The Hall–Kier alpha value is -3.00. The Kier molecular flexibility index (Phi) is 5.66. The SMILES string of the molecule is CNc1nc(SCc2cccc(F)c2)n(-c2ccccc2F)c(=O)c1C=N. The Morgan fingerprint density at radius 1 is 1.22 bits per heavy atom. The molecule has 1 aromatic heterocycles. The molecule has 0 spiro atoms. The molecule has 0 aliphatic rings. The van der Waals surface area contributed by atoms with E-state index in [1.54, 1.807) is 25.2 Å². The van der Waals surface area contributed by atoms with Crippen LogP contribution >= 0.6 is 11.8 Å². The van der Waals surface area contributed by atoms with Crippen LogP contribution in [0.15, 0.2) is 58.5 Å². The molecule has 0 saturated heterocycles. The molecule has 2 N–H and O–H groups in total. The highest BCUT2D eigenvalue weighted by Crippen LogP contribution is 2.26. The van der Waals surface area contributed by atoms with Gasteiger partial charge in [0.25, 0.3) is 5.56 Å². The third-order valence-corrected chi connectivity index (χ3v) is 4.83. The second kappa shape index (κ2) is 8.13. The lowest BCUT2D eigenvalue weighted by molar-refractivity contribution is 0.606. The van der Waals surface area contributed by atoms with Gasteiger partial charge >= 0.3 is 0 Å². The van der Waals surface area contributed by atoms with Crippen LogP contribution in [0.5, 0.6) is 0 Å². The first kappa shape index (κ1) is 18.8. The molecular formula is C19H16F2N4OS. The Labute approximate surface area is 158 Å². The van der Waals surface area contributed by atoms with Gasteiger partial charge in [0.15, 0.2) is 5.16 Å². The fraction of sp³-hybridized carbons (Fsp3) is 0.105. The van der Waals surface area contributed by atoms with E-state index in [4.69, 9.17) is 5.41 Å². The van der Waals surface area contributed by atoms with Gasteiger partial charge in [-0.3, -0.25) is 9.36 Å². The first-order valence-corrected chi connectivity index (χ1v) is 9.01. The van der Waals surface area contributed by atoms with Gasteiger partial charge in [-0.2, -0.15) is 0 Å². The predicted octanol–water partition coefficient (Wildman–Crippen LogP) is 3.84. The average molecular weight is 386 g/mol. The third-order valence-electron chi connectivity index (χ3n) is 3.82. The molecule has 2 aromatic carbocycles. The van der Waals surface area contributed by atoms with E-state index in [0.29, 0.717) is 11.3 Å². The van der Waals surface area contributed by atoms with Crippen molar-refractivity contribution in [2.45, 2.75) is 10.9 Å². The highest BCUT2D eigenvalue weighted by Gasteiger charge is 2.18. The van der Waals surface area contributed by atoms with Gasteiger partial charge in [-0.05, 0) is 29.8 Å². The van der Waals surface area contributed by atoms with Crippen molar-refractivity contribution in [3.63, 3.8) is 0 Å². The number of thioether (sulfide) groups is 1. The summed E-state index contributed by atoms with van der Waals surface area (Å²) in [5.41, 5.74) is 0.214. The van der Waals surface area contributed by atoms with Crippen LogP contribution in [0.2, 0.25) is 0 Å². The Balaban J connectivity index is 2.13. The first-order chi connectivity index (χ1) is 13.0. The summed E-state index contributed by atoms with van der Waals surface area (Å²) >= 11 is 1.18. The molecule has 138 valence electrons. The number of rotatable bonds is 6. The molecule has 0 unspecified atom stereocenters. The minimum Gasteiger partial charge on any atom is -0.372 e. The lowest BCUT2D eigenvalue weighted by atomic mass is 10.2. The van der Waals surface area contributed by atoms with Crippen molar-refractivity contribution in [1.29, 1.82) is 5.41 Å². The zero-order valence-corrected chi connectivity index (χ0v) is 15.2. The summed E-state index contributed by atoms with van der Waals surface area (Å²) in [5.74, 6) is -0.375. The van der Waals surface area contributed by atoms with Gasteiger partial charge in [-0.1, -0.05) is 36.0 Å². The van der Waals surface area contributed by atoms with Gasteiger partial charge < -0.3 is 10.7 Å². The van der Waals surface area contributed by atoms with E-state index in [-0.39, 0.29) is 28.0 Å². The lowest BCUT2D eigenvalue weighted by Gasteiger charge is -2.15. The maximum Gasteiger partial charge on any atom is 0.269 e. The monoisotopic (exact) mass is 386 g/mol. The number of nitrogens with one attached hydrogen (secondary N) is 2. The van der Waals surface area contributed by atoms with Crippen molar-refractivity contribution in [3.05, 3.63) is 81.6 Å². The van der Waals surface area contributed by atoms with Crippen LogP contribution in [0.1, 0.15) is 11.1 Å². The third kappa shape index (κ3) is 3.90. The lowest BCUT2D eigenvalue weighted by Crippen LogP contribution is -2.27. The Bertz CT molecular complexity index is 1050. The zero-order valence-electron chi connectivity index (χ0n) is 14.4. The van der Waals surface area contributed by atoms with Gasteiger partial charge in [-0.25, -0.2) is 13.8 Å². The molecule has 0 radical (unpaired) electrons. The number of halogens is 2. The number of para-hydroxylation sites is 1. The number of anilines is 1. The normalized spacial score (nSPS) is 10.6. The number of nitrogens with zero attached hydrogens (tertiary/aromatic N) is 2. The second-order valence-corrected chi connectivity index (χ2v) is 6.50. The molecule has 0 saturated carbocycles. The van der Waals surface area contributed by atoms with Crippen molar-refractivity contribution in [1.82, 2.24) is 9.55 Å². The first-order valence-electron chi connectivity index (χ1n) is 8.02. The van der Waals surface area contributed by atoms with Gasteiger partial charge in [0, 0.05) is 19.0 Å². The Morgan fingerprint density at radius 3 is 2.67 bits per heavy atom. The van der Waals surface area contributed by atoms with Crippen molar-refractivity contribution in [3.8, 4) is 5.69 Å². The summed E-state index contributed by atoms with van der Waals surface area (Å²) in [6, 6.07) is 11.9. The molecule has 1 heterocycles. The summed E-state index contributed by atoms with van der Waals surface area (Å²) in [7, 11) is 1.59. The van der Waals surface area contributed by atoms with E-state index in [0.717, 1.165) is 10.8 Å². The Morgan fingerprint density at radius 2 is 2.00 bits per heavy atom. The highest BCUT2D eigenvalue weighted by atomic mass is 32.2. The van der Waals surface area contributed by atoms with Gasteiger partial charge in [0.1, 0.15) is 23.0 Å². The molecule has 8 heteroatoms. The van der Waals surface area contributed by atoms with Crippen molar-refractivity contribution >= 4 is 23.8 Å². The summed E-state index contributed by atoms with van der Waals surface area (Å²) in [6.07, 6.45) is 0.888. The van der Waals surface area contributed by atoms with Crippen molar-refractivity contribution in [2.75, 3.05) is 12.4 Å². The molecule has 0 aliphatic carbocycles. The van der Waals surface area contributed by atoms with Crippen LogP contribution in [-0.2, 0) is 5.75 Å². The molecule has 0 amide bonds. The minimum absolute atomic E-state index is 0.0239. The van der Waals surface area contributed by atoms with Crippen LogP contribution in [-0.4, -0.2) is 22.8 Å². The van der Waals surface area contributed by atoms with Crippen LogP contribution in [0.25, 0.3) is 5.69 Å². The standard InChI is InChI=1S/C19H16F2N4OS/c1-23-17-14(10-22)18(26)25(16-8-3-2-7-15(16)21)19(24-17)27-11-12-5-4-6-13(20)9-12/h2-10,22-23H,11H2,1H3. The maximum atomic E-state index is 14.4. The molecule has 5 nitrogen and oxygen atoms in total. The molecule has 27 heavy (non-hydrogen) atoms. The summed E-state index contributed by atoms with van der Waals surface area (Å²) < 4.78 is 28.9. The largest absolute Gasteiger partial charge is 0.372 e. The predicted molar refractivity (Wildman–Crippen MR) is 103 cm³/mol. The van der Waals surface area contributed by atoms with Crippen LogP contribution in [0.3, 0.4) is 0 Å². The maximum absolute atomic E-state index is 14.4. The molecule has 0 fully saturated rings. The number of benzene rings is 2. The quantitative estimate of drug-likeness (QED) is 0.384. The van der Waals surface area contributed by atoms with Crippen LogP contribution in [0.4, 0.5) is 14.6 Å². The minimum atomic E-state index is -0.581. The zero-order chi connectivity index (χ0) is 19.4. The summed E-state index contributed by atoms with van der Waals surface area (Å²) in [6.45, 7) is 0. The van der Waals surface area contributed by atoms with E-state index in [2.05, 4.69) is 10.3 Å². The summed E-state index contributed by atoms with van der Waals surface area (Å²) in [4.78, 5) is 17.3. The van der Waals surface area contributed by atoms with Gasteiger partial charge in [0.2, 0.25) is 0 Å². The fourth-order valence-corrected chi connectivity index (χ4v) is 3.49. The molecule has 0 bridgehead atoms. The molecule has 3 aromatic rings. The molecule has 0 atom stereocenters. The second-order valence-electron chi connectivity index (χ2n) is 5.56. The number of hydrogen-bond acceptors (Lipinski definition) is 5. The number of hydrogen-bond donors (Lipinski definition) is 2. The number of aromatic nitrogens is 2. The van der Waals surface area contributed by atoms with Gasteiger partial charge in [0.05, 0.1) is 5.69 Å². The van der Waals surface area contributed by atoms with Crippen LogP contribution in [0, 0.1) is 17.0 Å². The smallest absolute Gasteiger partial charge is 0.269 e.